The van der Waals surface area contributed by atoms with Crippen molar-refractivity contribution in [3.8, 4) is 17.1 Å². The number of aromatic nitrogens is 4. The number of anilines is 1. The molecule has 0 saturated heterocycles. The molecule has 7 nitrogen and oxygen atoms in total. The molecular weight excluding hydrogens is 479 g/mol. The van der Waals surface area contributed by atoms with Gasteiger partial charge in [-0.3, -0.25) is 14.3 Å². The Morgan fingerprint density at radius 1 is 1.03 bits per heavy atom. The number of nitrogens with one attached hydrogen (secondary N) is 1. The molecule has 0 fully saturated rings. The first-order chi connectivity index (χ1) is 16.8. The molecule has 0 radical (unpaired) electrons. The van der Waals surface area contributed by atoms with Gasteiger partial charge in [-0.15, -0.1) is 23.4 Å². The standard InChI is InChI=1S/C24H20F3N5O2S/c1-16(22(33)29-19-7-9-20(10-8-19)34-24(25,26)27)35-23-31-30-21(18-11-13-28-14-12-18)32(23)15-17-5-3-2-4-6-17/h2-14,16H,15H2,1H3,(H,29,33). The van der Waals surface area contributed by atoms with Crippen LogP contribution >= 0.6 is 11.8 Å². The Labute approximate surface area is 203 Å². The van der Waals surface area contributed by atoms with Gasteiger partial charge in [0.1, 0.15) is 5.75 Å². The van der Waals surface area contributed by atoms with E-state index < -0.39 is 11.6 Å². The average Bonchev–Trinajstić information content (AvgIpc) is 3.22. The molecule has 0 bridgehead atoms. The van der Waals surface area contributed by atoms with Crippen LogP contribution in [0.1, 0.15) is 12.5 Å². The number of carbonyl (C=O) groups is 1. The number of hydrogen-bond donors (Lipinski definition) is 1. The molecule has 180 valence electrons. The predicted octanol–water partition coefficient (Wildman–Crippen LogP) is 5.41. The quantitative estimate of drug-likeness (QED) is 0.327. The fourth-order valence-corrected chi connectivity index (χ4v) is 4.04. The third kappa shape index (κ3) is 6.60. The number of carbonyl (C=O) groups excluding carboxylic acids is 1. The number of thioether (sulfide) groups is 1. The van der Waals surface area contributed by atoms with Gasteiger partial charge in [-0.05, 0) is 48.9 Å². The molecule has 0 aliphatic heterocycles. The molecule has 2 aromatic carbocycles. The average molecular weight is 500 g/mol. The maximum atomic E-state index is 12.8. The highest BCUT2D eigenvalue weighted by Gasteiger charge is 2.31. The first-order valence-corrected chi connectivity index (χ1v) is 11.4. The van der Waals surface area contributed by atoms with Gasteiger partial charge in [0, 0.05) is 23.6 Å². The van der Waals surface area contributed by atoms with E-state index in [4.69, 9.17) is 0 Å². The summed E-state index contributed by atoms with van der Waals surface area (Å²) in [6.07, 6.45) is -1.43. The molecule has 11 heteroatoms. The number of ether oxygens (including phenoxy) is 1. The van der Waals surface area contributed by atoms with Crippen LogP contribution in [0.2, 0.25) is 0 Å². The van der Waals surface area contributed by atoms with E-state index in [1.165, 1.54) is 23.9 Å². The Bertz CT molecular complexity index is 1270. The smallest absolute Gasteiger partial charge is 0.406 e. The SMILES string of the molecule is CC(Sc1nnc(-c2ccncc2)n1Cc1ccccc1)C(=O)Nc1ccc(OC(F)(F)F)cc1. The van der Waals surface area contributed by atoms with E-state index >= 15 is 0 Å². The summed E-state index contributed by atoms with van der Waals surface area (Å²) >= 11 is 1.23. The summed E-state index contributed by atoms with van der Waals surface area (Å²) in [5.41, 5.74) is 2.23. The van der Waals surface area contributed by atoms with Gasteiger partial charge < -0.3 is 10.1 Å². The number of hydrogen-bond acceptors (Lipinski definition) is 6. The van der Waals surface area contributed by atoms with Crippen molar-refractivity contribution in [2.45, 2.75) is 30.2 Å². The fraction of sp³-hybridized carbons (Fsp3) is 0.167. The summed E-state index contributed by atoms with van der Waals surface area (Å²) in [5, 5.41) is 11.3. The second-order valence-corrected chi connectivity index (χ2v) is 8.74. The zero-order valence-corrected chi connectivity index (χ0v) is 19.3. The lowest BCUT2D eigenvalue weighted by molar-refractivity contribution is -0.274. The minimum absolute atomic E-state index is 0.334. The van der Waals surface area contributed by atoms with Gasteiger partial charge in [-0.1, -0.05) is 42.1 Å². The zero-order valence-electron chi connectivity index (χ0n) is 18.4. The van der Waals surface area contributed by atoms with Crippen molar-refractivity contribution in [2.75, 3.05) is 5.32 Å². The van der Waals surface area contributed by atoms with E-state index in [0.29, 0.717) is 23.2 Å². The lowest BCUT2D eigenvalue weighted by atomic mass is 10.2. The third-order valence-electron chi connectivity index (χ3n) is 4.85. The molecule has 1 unspecified atom stereocenters. The normalized spacial score (nSPS) is 12.2. The van der Waals surface area contributed by atoms with Crippen LogP contribution in [0.3, 0.4) is 0 Å². The number of rotatable bonds is 8. The summed E-state index contributed by atoms with van der Waals surface area (Å²) < 4.78 is 42.8. The Morgan fingerprint density at radius 2 is 1.71 bits per heavy atom. The highest BCUT2D eigenvalue weighted by molar-refractivity contribution is 8.00. The number of pyridine rings is 1. The minimum Gasteiger partial charge on any atom is -0.406 e. The Kier molecular flexibility index (Phi) is 7.35. The molecule has 4 aromatic rings. The molecule has 4 rings (SSSR count). The first kappa shape index (κ1) is 24.3. The molecular formula is C24H20F3N5O2S. The van der Waals surface area contributed by atoms with Gasteiger partial charge in [-0.25, -0.2) is 0 Å². The third-order valence-corrected chi connectivity index (χ3v) is 5.93. The van der Waals surface area contributed by atoms with Crippen molar-refractivity contribution in [2.24, 2.45) is 0 Å². The van der Waals surface area contributed by atoms with E-state index in [2.05, 4.69) is 25.2 Å². The number of benzene rings is 2. The number of nitrogens with zero attached hydrogens (tertiary/aromatic N) is 4. The van der Waals surface area contributed by atoms with Crippen LogP contribution in [-0.2, 0) is 11.3 Å². The summed E-state index contributed by atoms with van der Waals surface area (Å²) in [7, 11) is 0. The molecule has 0 aliphatic carbocycles. The van der Waals surface area contributed by atoms with E-state index in [1.807, 2.05) is 47.0 Å². The van der Waals surface area contributed by atoms with Gasteiger partial charge in [0.25, 0.3) is 0 Å². The molecule has 1 amide bonds. The molecule has 0 spiro atoms. The van der Waals surface area contributed by atoms with Crippen molar-refractivity contribution in [3.63, 3.8) is 0 Å². The summed E-state index contributed by atoms with van der Waals surface area (Å²) in [4.78, 5) is 16.8. The van der Waals surface area contributed by atoms with Crippen molar-refractivity contribution in [1.29, 1.82) is 0 Å². The summed E-state index contributed by atoms with van der Waals surface area (Å²) in [5.74, 6) is -0.0543. The largest absolute Gasteiger partial charge is 0.573 e. The predicted molar refractivity (Wildman–Crippen MR) is 126 cm³/mol. The Balaban J connectivity index is 1.50. The van der Waals surface area contributed by atoms with Crippen molar-refractivity contribution < 1.29 is 22.7 Å². The van der Waals surface area contributed by atoms with Crippen LogP contribution in [0.5, 0.6) is 5.75 Å². The number of amides is 1. The topological polar surface area (TPSA) is 81.9 Å². The Hall–Kier alpha value is -3.86. The molecule has 1 atom stereocenters. The van der Waals surface area contributed by atoms with Crippen LogP contribution in [0.25, 0.3) is 11.4 Å². The molecule has 2 aromatic heterocycles. The van der Waals surface area contributed by atoms with Gasteiger partial charge in [0.15, 0.2) is 11.0 Å². The monoisotopic (exact) mass is 499 g/mol. The van der Waals surface area contributed by atoms with Gasteiger partial charge in [-0.2, -0.15) is 0 Å². The molecule has 0 aliphatic rings. The highest BCUT2D eigenvalue weighted by atomic mass is 32.2. The zero-order chi connectivity index (χ0) is 24.8. The maximum absolute atomic E-state index is 12.8. The fourth-order valence-electron chi connectivity index (χ4n) is 3.19. The summed E-state index contributed by atoms with van der Waals surface area (Å²) in [6, 6.07) is 18.4. The molecule has 1 N–H and O–H groups in total. The number of alkyl halides is 3. The summed E-state index contributed by atoms with van der Waals surface area (Å²) in [6.45, 7) is 2.22. The molecule has 2 heterocycles. The van der Waals surface area contributed by atoms with Gasteiger partial charge >= 0.3 is 6.36 Å². The lowest BCUT2D eigenvalue weighted by Gasteiger charge is -2.14. The van der Waals surface area contributed by atoms with Crippen LogP contribution in [0.15, 0.2) is 84.3 Å². The minimum atomic E-state index is -4.78. The van der Waals surface area contributed by atoms with Gasteiger partial charge in [0.05, 0.1) is 11.8 Å². The second kappa shape index (κ2) is 10.6. The van der Waals surface area contributed by atoms with E-state index in [9.17, 15) is 18.0 Å². The van der Waals surface area contributed by atoms with Crippen molar-refractivity contribution >= 4 is 23.4 Å². The maximum Gasteiger partial charge on any atom is 0.573 e. The first-order valence-electron chi connectivity index (χ1n) is 10.5. The van der Waals surface area contributed by atoms with E-state index in [0.717, 1.165) is 23.3 Å². The molecule has 35 heavy (non-hydrogen) atoms. The number of halogens is 3. The second-order valence-electron chi connectivity index (χ2n) is 7.44. The Morgan fingerprint density at radius 3 is 2.37 bits per heavy atom. The van der Waals surface area contributed by atoms with Crippen LogP contribution in [0.4, 0.5) is 18.9 Å². The van der Waals surface area contributed by atoms with E-state index in [1.54, 1.807) is 19.3 Å². The van der Waals surface area contributed by atoms with Crippen LogP contribution in [0, 0.1) is 0 Å². The van der Waals surface area contributed by atoms with Gasteiger partial charge in [0.2, 0.25) is 5.91 Å². The van der Waals surface area contributed by atoms with Crippen LogP contribution < -0.4 is 10.1 Å². The van der Waals surface area contributed by atoms with Crippen LogP contribution in [-0.4, -0.2) is 37.3 Å². The van der Waals surface area contributed by atoms with Crippen molar-refractivity contribution in [1.82, 2.24) is 19.7 Å². The van der Waals surface area contributed by atoms with Crippen molar-refractivity contribution in [3.05, 3.63) is 84.7 Å². The molecule has 0 saturated carbocycles. The highest BCUT2D eigenvalue weighted by Crippen LogP contribution is 2.29. The van der Waals surface area contributed by atoms with E-state index in [-0.39, 0.29) is 11.7 Å². The lowest BCUT2D eigenvalue weighted by Crippen LogP contribution is -2.23.